The summed E-state index contributed by atoms with van der Waals surface area (Å²) in [7, 11) is 5.71. The molecule has 0 aliphatic carbocycles. The smallest absolute Gasteiger partial charge is 0.236 e. The monoisotopic (exact) mass is 257 g/mol. The zero-order chi connectivity index (χ0) is 13.4. The molecule has 1 heterocycles. The highest BCUT2D eigenvalue weighted by Gasteiger charge is 2.20. The Kier molecular flexibility index (Phi) is 7.23. The molecule has 0 aromatic rings. The fourth-order valence-electron chi connectivity index (χ4n) is 2.42. The van der Waals surface area contributed by atoms with E-state index in [2.05, 4.69) is 17.3 Å². The first-order valence-electron chi connectivity index (χ1n) is 6.75. The van der Waals surface area contributed by atoms with E-state index < -0.39 is 0 Å². The zero-order valence-electron chi connectivity index (χ0n) is 11.9. The Morgan fingerprint density at radius 1 is 1.56 bits per heavy atom. The molecule has 18 heavy (non-hydrogen) atoms. The lowest BCUT2D eigenvalue weighted by Crippen LogP contribution is -2.42. The molecule has 1 N–H and O–H groups in total. The molecular formula is C13H27N3O2. The minimum Gasteiger partial charge on any atom is -0.383 e. The average Bonchev–Trinajstić information content (AvgIpc) is 2.34. The molecule has 1 aliphatic heterocycles. The molecule has 1 atom stereocenters. The molecule has 1 saturated heterocycles. The summed E-state index contributed by atoms with van der Waals surface area (Å²) in [6, 6.07) is 0. The van der Waals surface area contributed by atoms with Gasteiger partial charge >= 0.3 is 0 Å². The van der Waals surface area contributed by atoms with Crippen molar-refractivity contribution in [2.24, 2.45) is 5.92 Å². The van der Waals surface area contributed by atoms with Crippen LogP contribution in [0.2, 0.25) is 0 Å². The maximum Gasteiger partial charge on any atom is 0.236 e. The van der Waals surface area contributed by atoms with Gasteiger partial charge in [-0.05, 0) is 32.4 Å². The lowest BCUT2D eigenvalue weighted by molar-refractivity contribution is -0.129. The third kappa shape index (κ3) is 5.80. The average molecular weight is 257 g/mol. The van der Waals surface area contributed by atoms with Crippen molar-refractivity contribution in [1.29, 1.82) is 0 Å². The van der Waals surface area contributed by atoms with Gasteiger partial charge in [0.2, 0.25) is 5.91 Å². The van der Waals surface area contributed by atoms with E-state index in [1.54, 1.807) is 7.11 Å². The van der Waals surface area contributed by atoms with E-state index in [0.717, 1.165) is 19.6 Å². The first-order valence-corrected chi connectivity index (χ1v) is 6.75. The zero-order valence-corrected chi connectivity index (χ0v) is 11.9. The van der Waals surface area contributed by atoms with Gasteiger partial charge in [0.1, 0.15) is 0 Å². The molecule has 1 unspecified atom stereocenters. The molecule has 1 rings (SSSR count). The van der Waals surface area contributed by atoms with Crippen LogP contribution >= 0.6 is 0 Å². The highest BCUT2D eigenvalue weighted by Crippen LogP contribution is 2.15. The van der Waals surface area contributed by atoms with Crippen molar-refractivity contribution in [1.82, 2.24) is 15.1 Å². The van der Waals surface area contributed by atoms with Crippen LogP contribution < -0.4 is 5.32 Å². The number of hydrogen-bond donors (Lipinski definition) is 1. The molecule has 1 aliphatic rings. The van der Waals surface area contributed by atoms with Crippen LogP contribution in [0.5, 0.6) is 0 Å². The van der Waals surface area contributed by atoms with Crippen LogP contribution in [0.15, 0.2) is 0 Å². The van der Waals surface area contributed by atoms with Crippen molar-refractivity contribution in [2.45, 2.75) is 12.8 Å². The minimum absolute atomic E-state index is 0.166. The highest BCUT2D eigenvalue weighted by atomic mass is 16.5. The first-order chi connectivity index (χ1) is 8.63. The van der Waals surface area contributed by atoms with Gasteiger partial charge in [-0.15, -0.1) is 0 Å². The van der Waals surface area contributed by atoms with Crippen molar-refractivity contribution in [2.75, 3.05) is 60.5 Å². The van der Waals surface area contributed by atoms with E-state index in [0.29, 0.717) is 19.1 Å². The Bertz CT molecular complexity index is 248. The summed E-state index contributed by atoms with van der Waals surface area (Å²) in [5.41, 5.74) is 0. The number of likely N-dealkylation sites (N-methyl/N-ethyl adjacent to an activating group) is 1. The maximum atomic E-state index is 11.9. The number of carbonyl (C=O) groups is 1. The first kappa shape index (κ1) is 15.4. The van der Waals surface area contributed by atoms with Crippen LogP contribution in [0, 0.1) is 5.92 Å². The normalized spacial score (nSPS) is 20.9. The SMILES string of the molecule is COCCNCC(=O)N(C)CC1CCCN(C)C1. The number of nitrogens with zero attached hydrogens (tertiary/aromatic N) is 2. The highest BCUT2D eigenvalue weighted by molar-refractivity contribution is 5.77. The Morgan fingerprint density at radius 3 is 3.00 bits per heavy atom. The molecule has 0 saturated carbocycles. The Morgan fingerprint density at radius 2 is 2.33 bits per heavy atom. The van der Waals surface area contributed by atoms with Gasteiger partial charge in [0.25, 0.3) is 0 Å². The predicted molar refractivity (Wildman–Crippen MR) is 72.6 cm³/mol. The van der Waals surface area contributed by atoms with Crippen molar-refractivity contribution in [3.63, 3.8) is 0 Å². The molecule has 5 nitrogen and oxygen atoms in total. The number of nitrogens with one attached hydrogen (secondary N) is 1. The van der Waals surface area contributed by atoms with Gasteiger partial charge in [0.15, 0.2) is 0 Å². The molecule has 106 valence electrons. The number of piperidine rings is 1. The Labute approximate surface area is 110 Å². The van der Waals surface area contributed by atoms with Gasteiger partial charge in [-0.2, -0.15) is 0 Å². The molecule has 1 fully saturated rings. The number of carbonyl (C=O) groups excluding carboxylic acids is 1. The van der Waals surface area contributed by atoms with Crippen LogP contribution in [-0.2, 0) is 9.53 Å². The maximum absolute atomic E-state index is 11.9. The molecule has 0 bridgehead atoms. The number of amides is 1. The third-order valence-corrected chi connectivity index (χ3v) is 3.44. The van der Waals surface area contributed by atoms with Crippen molar-refractivity contribution < 1.29 is 9.53 Å². The number of likely N-dealkylation sites (tertiary alicyclic amines) is 1. The summed E-state index contributed by atoms with van der Waals surface area (Å²) in [6.07, 6.45) is 2.48. The van der Waals surface area contributed by atoms with E-state index in [1.807, 2.05) is 11.9 Å². The molecule has 1 amide bonds. The predicted octanol–water partition coefficient (Wildman–Crippen LogP) is 0.0226. The van der Waals surface area contributed by atoms with Gasteiger partial charge in [-0.3, -0.25) is 4.79 Å². The Balaban J connectivity index is 2.18. The van der Waals surface area contributed by atoms with Gasteiger partial charge in [-0.25, -0.2) is 0 Å². The van der Waals surface area contributed by atoms with Crippen LogP contribution in [0.3, 0.4) is 0 Å². The minimum atomic E-state index is 0.166. The molecule has 0 spiro atoms. The number of rotatable bonds is 7. The third-order valence-electron chi connectivity index (χ3n) is 3.44. The van der Waals surface area contributed by atoms with E-state index in [4.69, 9.17) is 4.74 Å². The second kappa shape index (κ2) is 8.45. The Hall–Kier alpha value is -0.650. The molecular weight excluding hydrogens is 230 g/mol. The summed E-state index contributed by atoms with van der Waals surface area (Å²) in [6.45, 7) is 4.94. The van der Waals surface area contributed by atoms with Crippen molar-refractivity contribution >= 4 is 5.91 Å². The van der Waals surface area contributed by atoms with Gasteiger partial charge < -0.3 is 19.9 Å². The lowest BCUT2D eigenvalue weighted by atomic mass is 9.98. The summed E-state index contributed by atoms with van der Waals surface area (Å²) >= 11 is 0. The van der Waals surface area contributed by atoms with Crippen molar-refractivity contribution in [3.8, 4) is 0 Å². The van der Waals surface area contributed by atoms with E-state index in [9.17, 15) is 4.79 Å². The van der Waals surface area contributed by atoms with E-state index >= 15 is 0 Å². The quantitative estimate of drug-likeness (QED) is 0.653. The largest absolute Gasteiger partial charge is 0.383 e. The second-order valence-corrected chi connectivity index (χ2v) is 5.21. The van der Waals surface area contributed by atoms with E-state index in [1.165, 1.54) is 19.4 Å². The standard InChI is InChI=1S/C13H27N3O2/c1-15-7-4-5-12(10-15)11-16(2)13(17)9-14-6-8-18-3/h12,14H,4-11H2,1-3H3. The fourth-order valence-corrected chi connectivity index (χ4v) is 2.42. The number of methoxy groups -OCH3 is 1. The summed E-state index contributed by atoms with van der Waals surface area (Å²) < 4.78 is 4.92. The second-order valence-electron chi connectivity index (χ2n) is 5.21. The molecule has 0 radical (unpaired) electrons. The summed E-state index contributed by atoms with van der Waals surface area (Å²) in [4.78, 5) is 16.1. The topological polar surface area (TPSA) is 44.8 Å². The summed E-state index contributed by atoms with van der Waals surface area (Å²) in [5, 5.41) is 3.09. The number of ether oxygens (including phenoxy) is 1. The van der Waals surface area contributed by atoms with Crippen LogP contribution in [0.25, 0.3) is 0 Å². The molecule has 0 aromatic heterocycles. The van der Waals surface area contributed by atoms with E-state index in [-0.39, 0.29) is 5.91 Å². The van der Waals surface area contributed by atoms with Gasteiger partial charge in [-0.1, -0.05) is 0 Å². The van der Waals surface area contributed by atoms with Crippen LogP contribution in [-0.4, -0.2) is 76.2 Å². The molecule has 0 aromatic carbocycles. The van der Waals surface area contributed by atoms with Gasteiger partial charge in [0.05, 0.1) is 13.2 Å². The van der Waals surface area contributed by atoms with Crippen LogP contribution in [0.1, 0.15) is 12.8 Å². The fraction of sp³-hybridized carbons (Fsp3) is 0.923. The van der Waals surface area contributed by atoms with Gasteiger partial charge in [0, 0.05) is 33.8 Å². The summed E-state index contributed by atoms with van der Waals surface area (Å²) in [5.74, 6) is 0.788. The van der Waals surface area contributed by atoms with Crippen LogP contribution in [0.4, 0.5) is 0 Å². The molecule has 5 heteroatoms. The number of hydrogen-bond acceptors (Lipinski definition) is 4. The van der Waals surface area contributed by atoms with Crippen molar-refractivity contribution in [3.05, 3.63) is 0 Å². The lowest BCUT2D eigenvalue weighted by Gasteiger charge is -2.32.